The minimum absolute atomic E-state index is 0.0904. The number of nitrogens with zero attached hydrogens (tertiary/aromatic N) is 1. The second-order valence-corrected chi connectivity index (χ2v) is 6.73. The molecule has 6 heteroatoms. The zero-order valence-electron chi connectivity index (χ0n) is 14.9. The maximum absolute atomic E-state index is 11.7. The standard InChI is InChI=1S/C18H27N3O3/c1-18(2,3)24-16(22)12-21-17(19-4)20-9-7-13-5-6-15-14(11-13)8-10-23-15/h5-6,11H,7-10,12H2,1-4H3,(H2,19,20,21). The van der Waals surface area contributed by atoms with E-state index in [2.05, 4.69) is 27.8 Å². The van der Waals surface area contributed by atoms with Crippen LogP contribution in [-0.2, 0) is 22.4 Å². The Labute approximate surface area is 143 Å². The number of fused-ring (bicyclic) bond motifs is 1. The Morgan fingerprint density at radius 1 is 1.33 bits per heavy atom. The summed E-state index contributed by atoms with van der Waals surface area (Å²) in [6.07, 6.45) is 1.86. The SMILES string of the molecule is CN=C(NCCc1ccc2c(c1)CCO2)NCC(=O)OC(C)(C)C. The zero-order chi connectivity index (χ0) is 17.6. The molecule has 0 aliphatic carbocycles. The first-order valence-corrected chi connectivity index (χ1v) is 8.28. The van der Waals surface area contributed by atoms with E-state index in [0.29, 0.717) is 5.96 Å². The van der Waals surface area contributed by atoms with Gasteiger partial charge in [-0.15, -0.1) is 0 Å². The molecule has 0 unspecified atom stereocenters. The number of guanidine groups is 1. The van der Waals surface area contributed by atoms with Crippen LogP contribution < -0.4 is 15.4 Å². The van der Waals surface area contributed by atoms with Gasteiger partial charge in [-0.25, -0.2) is 0 Å². The van der Waals surface area contributed by atoms with E-state index < -0.39 is 5.60 Å². The highest BCUT2D eigenvalue weighted by Gasteiger charge is 2.16. The van der Waals surface area contributed by atoms with Crippen LogP contribution in [0.15, 0.2) is 23.2 Å². The molecule has 132 valence electrons. The molecule has 24 heavy (non-hydrogen) atoms. The van der Waals surface area contributed by atoms with E-state index >= 15 is 0 Å². The van der Waals surface area contributed by atoms with Crippen molar-refractivity contribution in [1.29, 1.82) is 0 Å². The fraction of sp³-hybridized carbons (Fsp3) is 0.556. The monoisotopic (exact) mass is 333 g/mol. The summed E-state index contributed by atoms with van der Waals surface area (Å²) in [6, 6.07) is 6.32. The summed E-state index contributed by atoms with van der Waals surface area (Å²) >= 11 is 0. The maximum atomic E-state index is 11.7. The van der Waals surface area contributed by atoms with Gasteiger partial charge in [0, 0.05) is 20.0 Å². The molecule has 0 atom stereocenters. The van der Waals surface area contributed by atoms with Crippen LogP contribution in [0.3, 0.4) is 0 Å². The second kappa shape index (κ2) is 8.04. The highest BCUT2D eigenvalue weighted by atomic mass is 16.6. The van der Waals surface area contributed by atoms with Crippen molar-refractivity contribution in [3.8, 4) is 5.75 Å². The first-order valence-electron chi connectivity index (χ1n) is 8.28. The van der Waals surface area contributed by atoms with Crippen molar-refractivity contribution in [2.24, 2.45) is 4.99 Å². The number of ether oxygens (including phenoxy) is 2. The van der Waals surface area contributed by atoms with Gasteiger partial charge in [-0.2, -0.15) is 0 Å². The minimum Gasteiger partial charge on any atom is -0.493 e. The molecule has 1 heterocycles. The third-order valence-corrected chi connectivity index (χ3v) is 3.50. The predicted molar refractivity (Wildman–Crippen MR) is 94.6 cm³/mol. The number of carbonyl (C=O) groups excluding carboxylic acids is 1. The quantitative estimate of drug-likeness (QED) is 0.487. The van der Waals surface area contributed by atoms with Crippen molar-refractivity contribution in [1.82, 2.24) is 10.6 Å². The number of esters is 1. The smallest absolute Gasteiger partial charge is 0.325 e. The number of benzene rings is 1. The lowest BCUT2D eigenvalue weighted by molar-refractivity contribution is -0.153. The van der Waals surface area contributed by atoms with Gasteiger partial charge in [-0.1, -0.05) is 12.1 Å². The van der Waals surface area contributed by atoms with E-state index in [1.54, 1.807) is 7.05 Å². The molecule has 0 amide bonds. The molecule has 0 radical (unpaired) electrons. The predicted octanol–water partition coefficient (Wildman–Crippen LogP) is 1.67. The van der Waals surface area contributed by atoms with Gasteiger partial charge in [0.25, 0.3) is 0 Å². The molecule has 1 aromatic carbocycles. The van der Waals surface area contributed by atoms with Crippen LogP contribution in [0.1, 0.15) is 31.9 Å². The second-order valence-electron chi connectivity index (χ2n) is 6.73. The first-order chi connectivity index (χ1) is 11.4. The third kappa shape index (κ3) is 5.76. The number of hydrogen-bond donors (Lipinski definition) is 2. The minimum atomic E-state index is -0.479. The molecule has 0 spiro atoms. The molecular formula is C18H27N3O3. The Kier molecular flexibility index (Phi) is 6.06. The van der Waals surface area contributed by atoms with Crippen LogP contribution in [0.2, 0.25) is 0 Å². The van der Waals surface area contributed by atoms with Crippen LogP contribution >= 0.6 is 0 Å². The topological polar surface area (TPSA) is 72.0 Å². The van der Waals surface area contributed by atoms with E-state index in [1.807, 2.05) is 26.8 Å². The number of hydrogen-bond acceptors (Lipinski definition) is 4. The Morgan fingerprint density at radius 2 is 2.12 bits per heavy atom. The lowest BCUT2D eigenvalue weighted by Crippen LogP contribution is -2.42. The van der Waals surface area contributed by atoms with Crippen LogP contribution in [-0.4, -0.2) is 44.3 Å². The van der Waals surface area contributed by atoms with E-state index in [-0.39, 0.29) is 12.5 Å². The molecular weight excluding hydrogens is 306 g/mol. The van der Waals surface area contributed by atoms with Crippen molar-refractivity contribution in [2.45, 2.75) is 39.2 Å². The van der Waals surface area contributed by atoms with E-state index in [9.17, 15) is 4.79 Å². The lowest BCUT2D eigenvalue weighted by atomic mass is 10.1. The van der Waals surface area contributed by atoms with Gasteiger partial charge in [-0.05, 0) is 44.4 Å². The number of carbonyl (C=O) groups is 1. The van der Waals surface area contributed by atoms with Crippen molar-refractivity contribution in [2.75, 3.05) is 26.7 Å². The normalized spacial score (nSPS) is 13.9. The molecule has 1 aliphatic heterocycles. The van der Waals surface area contributed by atoms with Crippen molar-refractivity contribution >= 4 is 11.9 Å². The molecule has 0 aromatic heterocycles. The lowest BCUT2D eigenvalue weighted by Gasteiger charge is -2.20. The number of aliphatic imine (C=N–C) groups is 1. The van der Waals surface area contributed by atoms with Gasteiger partial charge >= 0.3 is 5.97 Å². The molecule has 0 saturated carbocycles. The largest absolute Gasteiger partial charge is 0.493 e. The summed E-state index contributed by atoms with van der Waals surface area (Å²) in [7, 11) is 1.68. The van der Waals surface area contributed by atoms with E-state index in [1.165, 1.54) is 11.1 Å². The van der Waals surface area contributed by atoms with Crippen molar-refractivity contribution in [3.63, 3.8) is 0 Å². The van der Waals surface area contributed by atoms with Gasteiger partial charge in [0.1, 0.15) is 17.9 Å². The van der Waals surface area contributed by atoms with Gasteiger partial charge < -0.3 is 20.1 Å². The first kappa shape index (κ1) is 18.1. The fourth-order valence-corrected chi connectivity index (χ4v) is 2.47. The highest BCUT2D eigenvalue weighted by molar-refractivity contribution is 5.84. The van der Waals surface area contributed by atoms with E-state index in [4.69, 9.17) is 9.47 Å². The van der Waals surface area contributed by atoms with Gasteiger partial charge in [0.15, 0.2) is 5.96 Å². The van der Waals surface area contributed by atoms with Gasteiger partial charge in [-0.3, -0.25) is 9.79 Å². The molecule has 1 aliphatic rings. The average Bonchev–Trinajstić information content (AvgIpc) is 2.96. The zero-order valence-corrected chi connectivity index (χ0v) is 14.9. The molecule has 1 aromatic rings. The van der Waals surface area contributed by atoms with Crippen LogP contribution in [0, 0.1) is 0 Å². The summed E-state index contributed by atoms with van der Waals surface area (Å²) in [5.41, 5.74) is 2.06. The summed E-state index contributed by atoms with van der Waals surface area (Å²) in [4.78, 5) is 15.8. The third-order valence-electron chi connectivity index (χ3n) is 3.50. The average molecular weight is 333 g/mol. The molecule has 0 bridgehead atoms. The molecule has 6 nitrogen and oxygen atoms in total. The van der Waals surface area contributed by atoms with Crippen LogP contribution in [0.5, 0.6) is 5.75 Å². The van der Waals surface area contributed by atoms with Crippen molar-refractivity contribution < 1.29 is 14.3 Å². The number of rotatable bonds is 5. The Hall–Kier alpha value is -2.24. The maximum Gasteiger partial charge on any atom is 0.325 e. The summed E-state index contributed by atoms with van der Waals surface area (Å²) in [6.45, 7) is 7.14. The summed E-state index contributed by atoms with van der Waals surface area (Å²) in [5.74, 6) is 1.29. The molecule has 2 N–H and O–H groups in total. The van der Waals surface area contributed by atoms with Gasteiger partial charge in [0.2, 0.25) is 0 Å². The Morgan fingerprint density at radius 3 is 2.83 bits per heavy atom. The highest BCUT2D eigenvalue weighted by Crippen LogP contribution is 2.25. The Balaban J connectivity index is 1.73. The molecule has 0 saturated heterocycles. The summed E-state index contributed by atoms with van der Waals surface area (Å²) < 4.78 is 10.8. The van der Waals surface area contributed by atoms with Crippen molar-refractivity contribution in [3.05, 3.63) is 29.3 Å². The molecule has 2 rings (SSSR count). The molecule has 0 fully saturated rings. The number of nitrogens with one attached hydrogen (secondary N) is 2. The fourth-order valence-electron chi connectivity index (χ4n) is 2.47. The summed E-state index contributed by atoms with van der Waals surface area (Å²) in [5, 5.41) is 6.17. The van der Waals surface area contributed by atoms with Gasteiger partial charge in [0.05, 0.1) is 6.61 Å². The van der Waals surface area contributed by atoms with E-state index in [0.717, 1.165) is 31.7 Å². The van der Waals surface area contributed by atoms with Crippen LogP contribution in [0.25, 0.3) is 0 Å². The van der Waals surface area contributed by atoms with Crippen LogP contribution in [0.4, 0.5) is 0 Å². The Bertz CT molecular complexity index is 606.